The normalized spacial score (nSPS) is 12.2. The van der Waals surface area contributed by atoms with Crippen LogP contribution in [0.25, 0.3) is 0 Å². The third kappa shape index (κ3) is 43.6. The number of esters is 2. The highest BCUT2D eigenvalue weighted by Crippen LogP contribution is 2.18. The Balaban J connectivity index is 3.44. The molecule has 0 fully saturated rings. The van der Waals surface area contributed by atoms with Crippen molar-refractivity contribution in [2.45, 2.75) is 278 Å². The second-order valence-corrected chi connectivity index (χ2v) is 17.9. The van der Waals surface area contributed by atoms with Crippen LogP contribution in [0.1, 0.15) is 272 Å². The van der Waals surface area contributed by atoms with E-state index in [0.717, 1.165) is 43.9 Å². The summed E-state index contributed by atoms with van der Waals surface area (Å²) in [5.74, 6) is 1.15. The Bertz CT molecular complexity index is 765. The van der Waals surface area contributed by atoms with Crippen molar-refractivity contribution in [3.63, 3.8) is 0 Å². The van der Waals surface area contributed by atoms with Crippen LogP contribution in [0.3, 0.4) is 0 Å². The van der Waals surface area contributed by atoms with Crippen LogP contribution in [-0.2, 0) is 19.1 Å². The van der Waals surface area contributed by atoms with E-state index in [1.54, 1.807) is 0 Å². The van der Waals surface area contributed by atoms with Crippen molar-refractivity contribution >= 4 is 11.9 Å². The second kappa shape index (κ2) is 43.0. The van der Waals surface area contributed by atoms with E-state index in [0.29, 0.717) is 12.8 Å². The molecule has 0 amide bonds. The van der Waals surface area contributed by atoms with E-state index < -0.39 is 6.10 Å². The highest BCUT2D eigenvalue weighted by Gasteiger charge is 2.16. The summed E-state index contributed by atoms with van der Waals surface area (Å²) in [6, 6.07) is 0. The van der Waals surface area contributed by atoms with Gasteiger partial charge in [0.05, 0.1) is 6.61 Å². The van der Waals surface area contributed by atoms with Gasteiger partial charge >= 0.3 is 11.9 Å². The Labute approximate surface area is 338 Å². The molecule has 322 valence electrons. The lowest BCUT2D eigenvalue weighted by molar-refractivity contribution is -0.161. The van der Waals surface area contributed by atoms with E-state index in [2.05, 4.69) is 27.7 Å². The molecule has 0 aromatic rings. The maximum Gasteiger partial charge on any atom is 0.306 e. The monoisotopic (exact) mass is 765 g/mol. The van der Waals surface area contributed by atoms with Crippen LogP contribution in [0.5, 0.6) is 0 Å². The van der Waals surface area contributed by atoms with Crippen molar-refractivity contribution in [3.8, 4) is 0 Å². The second-order valence-electron chi connectivity index (χ2n) is 17.9. The van der Waals surface area contributed by atoms with E-state index in [1.807, 2.05) is 0 Å². The Morgan fingerprint density at radius 1 is 0.370 bits per heavy atom. The van der Waals surface area contributed by atoms with Crippen LogP contribution in [0.2, 0.25) is 0 Å². The van der Waals surface area contributed by atoms with Gasteiger partial charge in [-0.05, 0) is 24.7 Å². The van der Waals surface area contributed by atoms with Crippen LogP contribution in [0, 0.1) is 11.8 Å². The maximum absolute atomic E-state index is 12.2. The molecular weight excluding hydrogens is 669 g/mol. The standard InChI is InChI=1S/C49H96O5/c1-45(2)39-35-31-27-23-19-15-11-7-5-6-8-14-18-22-26-30-34-38-42-49(52)54-47(43-50)44-53-48(51)41-37-33-29-25-21-17-13-10-9-12-16-20-24-28-32-36-40-46(3)4/h45-47,50H,5-44H2,1-4H3/t47-/m0/s1. The highest BCUT2D eigenvalue weighted by molar-refractivity contribution is 5.70. The SMILES string of the molecule is CC(C)CCCCCCCCCCCCCCCCCCCCC(=O)O[C@@H](CO)COC(=O)CCCCCCCCCCCCCCCCCCC(C)C. The van der Waals surface area contributed by atoms with E-state index in [4.69, 9.17) is 9.47 Å². The van der Waals surface area contributed by atoms with Crippen LogP contribution in [-0.4, -0.2) is 36.4 Å². The summed E-state index contributed by atoms with van der Waals surface area (Å²) >= 11 is 0. The third-order valence-corrected chi connectivity index (χ3v) is 11.3. The fraction of sp³-hybridized carbons (Fsp3) is 0.959. The van der Waals surface area contributed by atoms with Crippen molar-refractivity contribution in [3.05, 3.63) is 0 Å². The zero-order chi connectivity index (χ0) is 39.6. The largest absolute Gasteiger partial charge is 0.462 e. The zero-order valence-corrected chi connectivity index (χ0v) is 37.1. The lowest BCUT2D eigenvalue weighted by Gasteiger charge is -2.15. The highest BCUT2D eigenvalue weighted by atomic mass is 16.6. The molecule has 0 aromatic heterocycles. The van der Waals surface area contributed by atoms with Crippen LogP contribution in [0.15, 0.2) is 0 Å². The topological polar surface area (TPSA) is 72.8 Å². The number of carbonyl (C=O) groups excluding carboxylic acids is 2. The summed E-state index contributed by atoms with van der Waals surface area (Å²) in [4.78, 5) is 24.4. The molecular formula is C49H96O5. The molecule has 1 N–H and O–H groups in total. The number of carbonyl (C=O) groups is 2. The Morgan fingerprint density at radius 2 is 0.611 bits per heavy atom. The minimum atomic E-state index is -0.764. The van der Waals surface area contributed by atoms with Crippen molar-refractivity contribution in [2.24, 2.45) is 11.8 Å². The molecule has 5 heteroatoms. The summed E-state index contributed by atoms with van der Waals surface area (Å²) < 4.78 is 10.7. The predicted octanol–water partition coefficient (Wildman–Crippen LogP) is 15.6. The molecule has 54 heavy (non-hydrogen) atoms. The summed E-state index contributed by atoms with van der Waals surface area (Å²) in [5, 5.41) is 9.61. The van der Waals surface area contributed by atoms with Crippen molar-refractivity contribution in [1.29, 1.82) is 0 Å². The Hall–Kier alpha value is -1.10. The van der Waals surface area contributed by atoms with Gasteiger partial charge in [-0.1, -0.05) is 246 Å². The maximum atomic E-state index is 12.2. The summed E-state index contributed by atoms with van der Waals surface area (Å²) in [7, 11) is 0. The number of aliphatic hydroxyl groups is 1. The van der Waals surface area contributed by atoms with Gasteiger partial charge in [0.2, 0.25) is 0 Å². The molecule has 0 saturated carbocycles. The van der Waals surface area contributed by atoms with Gasteiger partial charge in [-0.3, -0.25) is 9.59 Å². The minimum Gasteiger partial charge on any atom is -0.462 e. The molecule has 0 aliphatic carbocycles. The molecule has 0 aliphatic rings. The quantitative estimate of drug-likeness (QED) is 0.0494. The van der Waals surface area contributed by atoms with E-state index in [9.17, 15) is 14.7 Å². The summed E-state index contributed by atoms with van der Waals surface area (Å²) in [5.41, 5.74) is 0. The first-order valence-corrected chi connectivity index (χ1v) is 24.3. The molecule has 0 bridgehead atoms. The van der Waals surface area contributed by atoms with Crippen molar-refractivity contribution < 1.29 is 24.2 Å². The first-order chi connectivity index (χ1) is 26.3. The zero-order valence-electron chi connectivity index (χ0n) is 37.1. The van der Waals surface area contributed by atoms with Gasteiger partial charge in [-0.2, -0.15) is 0 Å². The number of hydrogen-bond donors (Lipinski definition) is 1. The molecule has 0 spiro atoms. The predicted molar refractivity (Wildman–Crippen MR) is 233 cm³/mol. The summed E-state index contributed by atoms with van der Waals surface area (Å²) in [6.45, 7) is 8.92. The minimum absolute atomic E-state index is 0.0572. The lowest BCUT2D eigenvalue weighted by Crippen LogP contribution is -2.28. The Morgan fingerprint density at radius 3 is 0.870 bits per heavy atom. The number of rotatable bonds is 44. The molecule has 0 heterocycles. The van der Waals surface area contributed by atoms with E-state index in [1.165, 1.54) is 199 Å². The Kier molecular flexibility index (Phi) is 42.2. The smallest absolute Gasteiger partial charge is 0.306 e. The van der Waals surface area contributed by atoms with Gasteiger partial charge in [0.25, 0.3) is 0 Å². The van der Waals surface area contributed by atoms with Crippen LogP contribution in [0.4, 0.5) is 0 Å². The number of aliphatic hydroxyl groups excluding tert-OH is 1. The van der Waals surface area contributed by atoms with Gasteiger partial charge in [0, 0.05) is 12.8 Å². The van der Waals surface area contributed by atoms with E-state index >= 15 is 0 Å². The summed E-state index contributed by atoms with van der Waals surface area (Å²) in [6.07, 6.45) is 47.6. The van der Waals surface area contributed by atoms with Gasteiger partial charge in [-0.15, -0.1) is 0 Å². The van der Waals surface area contributed by atoms with Gasteiger partial charge in [0.1, 0.15) is 6.61 Å². The van der Waals surface area contributed by atoms with Gasteiger partial charge < -0.3 is 14.6 Å². The number of unbranched alkanes of at least 4 members (excludes halogenated alkanes) is 32. The first kappa shape index (κ1) is 52.9. The molecule has 0 saturated heterocycles. The average Bonchev–Trinajstić information content (AvgIpc) is 3.14. The van der Waals surface area contributed by atoms with Crippen LogP contribution < -0.4 is 0 Å². The number of ether oxygens (including phenoxy) is 2. The third-order valence-electron chi connectivity index (χ3n) is 11.3. The van der Waals surface area contributed by atoms with Crippen molar-refractivity contribution in [2.75, 3.05) is 13.2 Å². The first-order valence-electron chi connectivity index (χ1n) is 24.3. The fourth-order valence-corrected chi connectivity index (χ4v) is 7.57. The molecule has 0 aliphatic heterocycles. The molecule has 0 aromatic carbocycles. The molecule has 0 rings (SSSR count). The molecule has 1 atom stereocenters. The molecule has 0 radical (unpaired) electrons. The fourth-order valence-electron chi connectivity index (χ4n) is 7.57. The average molecular weight is 765 g/mol. The molecule has 5 nitrogen and oxygen atoms in total. The van der Waals surface area contributed by atoms with Gasteiger partial charge in [0.15, 0.2) is 6.10 Å². The number of hydrogen-bond acceptors (Lipinski definition) is 5. The van der Waals surface area contributed by atoms with Gasteiger partial charge in [-0.25, -0.2) is 0 Å². The van der Waals surface area contributed by atoms with Crippen LogP contribution >= 0.6 is 0 Å². The lowest BCUT2D eigenvalue weighted by atomic mass is 10.0. The molecule has 0 unspecified atom stereocenters. The van der Waals surface area contributed by atoms with Crippen molar-refractivity contribution in [1.82, 2.24) is 0 Å². The van der Waals surface area contributed by atoms with E-state index in [-0.39, 0.29) is 25.2 Å².